The van der Waals surface area contributed by atoms with Gasteiger partial charge in [-0.25, -0.2) is 0 Å². The first-order chi connectivity index (χ1) is 11.2. The third-order valence-electron chi connectivity index (χ3n) is 3.49. The first-order valence-electron chi connectivity index (χ1n) is 8.61. The second kappa shape index (κ2) is 8.01. The highest BCUT2D eigenvalue weighted by molar-refractivity contribution is 8.04. The Morgan fingerprint density at radius 1 is 0.542 bits per heavy atom. The summed E-state index contributed by atoms with van der Waals surface area (Å²) in [5, 5.41) is 0.857. The van der Waals surface area contributed by atoms with Gasteiger partial charge in [-0.1, -0.05) is 102 Å². The molecule has 2 heteroatoms. The van der Waals surface area contributed by atoms with Crippen LogP contribution in [0.3, 0.4) is 0 Å². The second-order valence-corrected chi connectivity index (χ2v) is 12.1. The molecular weight excluding hydrogens is 328 g/mol. The molecule has 0 aromatic heterocycles. The predicted octanol–water partition coefficient (Wildman–Crippen LogP) is 7.53. The number of hydrogen-bond donors (Lipinski definition) is 0. The van der Waals surface area contributed by atoms with Gasteiger partial charge in [0.2, 0.25) is 0 Å². The van der Waals surface area contributed by atoms with Gasteiger partial charge in [0.15, 0.2) is 0 Å². The van der Waals surface area contributed by atoms with E-state index in [-0.39, 0.29) is 9.49 Å². The minimum Gasteiger partial charge on any atom is -0.146 e. The molecule has 2 rings (SSSR count). The predicted molar refractivity (Wildman–Crippen MR) is 113 cm³/mol. The number of benzene rings is 2. The van der Waals surface area contributed by atoms with Crippen molar-refractivity contribution < 1.29 is 0 Å². The zero-order chi connectivity index (χ0) is 17.8. The van der Waals surface area contributed by atoms with E-state index in [2.05, 4.69) is 126 Å². The van der Waals surface area contributed by atoms with Crippen molar-refractivity contribution in [3.63, 3.8) is 0 Å². The SMILES string of the molecule is CC(C)(C)S[C@H](c1ccccc1)[C@@H](SC(C)(C)C)c1ccccc1. The molecule has 0 spiro atoms. The van der Waals surface area contributed by atoms with Crippen LogP contribution in [-0.4, -0.2) is 9.49 Å². The zero-order valence-corrected chi connectivity index (χ0v) is 17.4. The molecule has 0 N–H and O–H groups in total. The fraction of sp³-hybridized carbons (Fsp3) is 0.455. The van der Waals surface area contributed by atoms with Crippen molar-refractivity contribution in [2.75, 3.05) is 0 Å². The smallest absolute Gasteiger partial charge is 0.0462 e. The molecule has 24 heavy (non-hydrogen) atoms. The molecule has 130 valence electrons. The molecule has 0 aliphatic rings. The molecule has 2 aromatic rings. The van der Waals surface area contributed by atoms with Gasteiger partial charge in [0.1, 0.15) is 0 Å². The average molecular weight is 359 g/mol. The lowest BCUT2D eigenvalue weighted by molar-refractivity contribution is 0.762. The highest BCUT2D eigenvalue weighted by Gasteiger charge is 2.32. The molecule has 0 bridgehead atoms. The lowest BCUT2D eigenvalue weighted by Crippen LogP contribution is -2.19. The van der Waals surface area contributed by atoms with E-state index >= 15 is 0 Å². The summed E-state index contributed by atoms with van der Waals surface area (Å²) >= 11 is 4.16. The van der Waals surface area contributed by atoms with Crippen molar-refractivity contribution >= 4 is 23.5 Å². The maximum Gasteiger partial charge on any atom is 0.0462 e. The van der Waals surface area contributed by atoms with Crippen LogP contribution in [-0.2, 0) is 0 Å². The Kier molecular flexibility index (Phi) is 6.50. The van der Waals surface area contributed by atoms with E-state index in [4.69, 9.17) is 0 Å². The Labute approximate surface area is 156 Å². The van der Waals surface area contributed by atoms with Crippen LogP contribution in [0.4, 0.5) is 0 Å². The molecular formula is C22H30S2. The molecule has 0 aliphatic carbocycles. The van der Waals surface area contributed by atoms with Gasteiger partial charge < -0.3 is 0 Å². The van der Waals surface area contributed by atoms with E-state index < -0.39 is 0 Å². The minimum atomic E-state index is 0.214. The van der Waals surface area contributed by atoms with Gasteiger partial charge in [-0.2, -0.15) is 0 Å². The molecule has 0 nitrogen and oxygen atoms in total. The number of rotatable bonds is 5. The van der Waals surface area contributed by atoms with Crippen molar-refractivity contribution in [2.24, 2.45) is 0 Å². The van der Waals surface area contributed by atoms with E-state index in [1.54, 1.807) is 0 Å². The maximum absolute atomic E-state index is 2.32. The number of hydrogen-bond acceptors (Lipinski definition) is 2. The lowest BCUT2D eigenvalue weighted by atomic mass is 10.0. The largest absolute Gasteiger partial charge is 0.146 e. The van der Waals surface area contributed by atoms with Crippen molar-refractivity contribution in [1.82, 2.24) is 0 Å². The Bertz CT molecular complexity index is 548. The monoisotopic (exact) mass is 358 g/mol. The third kappa shape index (κ3) is 6.22. The molecule has 0 unspecified atom stereocenters. The van der Waals surface area contributed by atoms with Gasteiger partial charge in [-0.15, -0.1) is 23.5 Å². The van der Waals surface area contributed by atoms with Gasteiger partial charge in [0.05, 0.1) is 0 Å². The first-order valence-corrected chi connectivity index (χ1v) is 10.4. The summed E-state index contributed by atoms with van der Waals surface area (Å²) in [6.07, 6.45) is 0. The quantitative estimate of drug-likeness (QED) is 0.541. The summed E-state index contributed by atoms with van der Waals surface area (Å²) in [6.45, 7) is 13.9. The van der Waals surface area contributed by atoms with Crippen molar-refractivity contribution in [3.8, 4) is 0 Å². The molecule has 0 fully saturated rings. The van der Waals surface area contributed by atoms with Gasteiger partial charge in [-0.3, -0.25) is 0 Å². The van der Waals surface area contributed by atoms with E-state index in [0.29, 0.717) is 10.5 Å². The molecule has 2 aromatic carbocycles. The van der Waals surface area contributed by atoms with Crippen LogP contribution in [0.5, 0.6) is 0 Å². The van der Waals surface area contributed by atoms with Crippen molar-refractivity contribution in [3.05, 3.63) is 71.8 Å². The second-order valence-electron chi connectivity index (χ2n) is 8.12. The van der Waals surface area contributed by atoms with Crippen molar-refractivity contribution in [2.45, 2.75) is 61.5 Å². The molecule has 2 atom stereocenters. The third-order valence-corrected chi connectivity index (χ3v) is 6.68. The molecule has 0 radical (unpaired) electrons. The lowest BCUT2D eigenvalue weighted by Gasteiger charge is -2.36. The Morgan fingerprint density at radius 2 is 0.833 bits per heavy atom. The van der Waals surface area contributed by atoms with Crippen molar-refractivity contribution in [1.29, 1.82) is 0 Å². The Hall–Kier alpha value is -0.860. The highest BCUT2D eigenvalue weighted by atomic mass is 32.2. The van der Waals surface area contributed by atoms with Crippen LogP contribution < -0.4 is 0 Å². The number of thioether (sulfide) groups is 2. The Balaban J connectivity index is 2.47. The highest BCUT2D eigenvalue weighted by Crippen LogP contribution is 2.54. The topological polar surface area (TPSA) is 0 Å². The minimum absolute atomic E-state index is 0.214. The summed E-state index contributed by atoms with van der Waals surface area (Å²) in [6, 6.07) is 22.0. The van der Waals surface area contributed by atoms with E-state index in [9.17, 15) is 0 Å². The maximum atomic E-state index is 2.32. The summed E-state index contributed by atoms with van der Waals surface area (Å²) in [5.41, 5.74) is 2.84. The fourth-order valence-corrected chi connectivity index (χ4v) is 5.66. The molecule has 0 saturated carbocycles. The summed E-state index contributed by atoms with van der Waals surface area (Å²) in [5.74, 6) is 0. The van der Waals surface area contributed by atoms with Crippen LogP contribution in [0, 0.1) is 0 Å². The van der Waals surface area contributed by atoms with Crippen LogP contribution in [0.1, 0.15) is 63.2 Å². The summed E-state index contributed by atoms with van der Waals surface area (Å²) in [4.78, 5) is 0. The van der Waals surface area contributed by atoms with Gasteiger partial charge >= 0.3 is 0 Å². The van der Waals surface area contributed by atoms with E-state index in [1.807, 2.05) is 0 Å². The molecule has 0 saturated heterocycles. The first kappa shape index (κ1) is 19.5. The summed E-state index contributed by atoms with van der Waals surface area (Å²) < 4.78 is 0.429. The fourth-order valence-electron chi connectivity index (χ4n) is 2.66. The Morgan fingerprint density at radius 3 is 1.08 bits per heavy atom. The molecule has 0 heterocycles. The average Bonchev–Trinajstić information content (AvgIpc) is 2.50. The molecule has 0 amide bonds. The van der Waals surface area contributed by atoms with Gasteiger partial charge in [0, 0.05) is 20.0 Å². The molecule has 0 aliphatic heterocycles. The van der Waals surface area contributed by atoms with Gasteiger partial charge in [-0.05, 0) is 11.1 Å². The van der Waals surface area contributed by atoms with E-state index in [0.717, 1.165) is 0 Å². The normalized spacial score (nSPS) is 15.1. The summed E-state index contributed by atoms with van der Waals surface area (Å²) in [7, 11) is 0. The van der Waals surface area contributed by atoms with Crippen LogP contribution in [0.2, 0.25) is 0 Å². The van der Waals surface area contributed by atoms with Crippen LogP contribution in [0.15, 0.2) is 60.7 Å². The zero-order valence-electron chi connectivity index (χ0n) is 15.7. The van der Waals surface area contributed by atoms with Gasteiger partial charge in [0.25, 0.3) is 0 Å². The van der Waals surface area contributed by atoms with E-state index in [1.165, 1.54) is 11.1 Å². The van der Waals surface area contributed by atoms with Crippen LogP contribution >= 0.6 is 23.5 Å². The van der Waals surface area contributed by atoms with Crippen LogP contribution in [0.25, 0.3) is 0 Å². The standard InChI is InChI=1S/C22H30S2/c1-21(2,3)23-19(17-13-9-7-10-14-17)20(24-22(4,5)6)18-15-11-8-12-16-18/h7-16,19-20H,1-6H3/t19-,20+.